The van der Waals surface area contributed by atoms with Crippen molar-refractivity contribution in [3.63, 3.8) is 0 Å². The number of hydrogen-bond acceptors (Lipinski definition) is 2. The van der Waals surface area contributed by atoms with Gasteiger partial charge in [-0.3, -0.25) is 4.79 Å². The van der Waals surface area contributed by atoms with Crippen LogP contribution in [0.15, 0.2) is 29.3 Å². The molecule has 1 aliphatic rings. The highest BCUT2D eigenvalue weighted by atomic mass is 35.5. The molecule has 0 aromatic heterocycles. The van der Waals surface area contributed by atoms with Crippen molar-refractivity contribution >= 4 is 23.5 Å². The molecule has 1 atom stereocenters. The van der Waals surface area contributed by atoms with Crippen molar-refractivity contribution in [1.29, 1.82) is 0 Å². The lowest BCUT2D eigenvalue weighted by Crippen LogP contribution is -2.44. The van der Waals surface area contributed by atoms with E-state index in [0.29, 0.717) is 12.0 Å². The summed E-state index contributed by atoms with van der Waals surface area (Å²) in [5, 5.41) is 7.56. The van der Waals surface area contributed by atoms with Crippen LogP contribution in [0.1, 0.15) is 44.2 Å². The van der Waals surface area contributed by atoms with E-state index in [4.69, 9.17) is 11.6 Å². The third-order valence-electron chi connectivity index (χ3n) is 4.29. The normalized spacial score (nSPS) is 16.8. The minimum absolute atomic E-state index is 0.000751. The summed E-state index contributed by atoms with van der Waals surface area (Å²) in [4.78, 5) is 17.9. The van der Waals surface area contributed by atoms with Crippen LogP contribution in [0.25, 0.3) is 0 Å². The highest BCUT2D eigenvalue weighted by Crippen LogP contribution is 2.22. The Kier molecular flexibility index (Phi) is 6.91. The maximum absolute atomic E-state index is 11.8. The van der Waals surface area contributed by atoms with Crippen molar-refractivity contribution in [3.05, 3.63) is 34.9 Å². The molecule has 132 valence electrons. The number of rotatable bonds is 5. The molecule has 1 amide bonds. The number of carbonyl (C=O) groups is 1. The van der Waals surface area contributed by atoms with Crippen LogP contribution in [0.2, 0.25) is 5.02 Å². The summed E-state index contributed by atoms with van der Waals surface area (Å²) >= 11 is 6.28. The molecule has 2 N–H and O–H groups in total. The second kappa shape index (κ2) is 8.92. The van der Waals surface area contributed by atoms with Crippen molar-refractivity contribution in [2.24, 2.45) is 4.99 Å². The van der Waals surface area contributed by atoms with Gasteiger partial charge in [-0.1, -0.05) is 42.6 Å². The molecule has 1 saturated carbocycles. The molecule has 1 unspecified atom stereocenters. The van der Waals surface area contributed by atoms with Gasteiger partial charge in [-0.15, -0.1) is 0 Å². The molecule has 1 aromatic rings. The van der Waals surface area contributed by atoms with Gasteiger partial charge in [0.1, 0.15) is 6.54 Å². The van der Waals surface area contributed by atoms with Crippen LogP contribution >= 0.6 is 11.6 Å². The summed E-state index contributed by atoms with van der Waals surface area (Å²) in [5.41, 5.74) is 1.01. The Labute approximate surface area is 149 Å². The van der Waals surface area contributed by atoms with Gasteiger partial charge >= 0.3 is 0 Å². The molecular formula is C18H27ClN4O. The van der Waals surface area contributed by atoms with E-state index < -0.39 is 0 Å². The predicted octanol–water partition coefficient (Wildman–Crippen LogP) is 2.97. The van der Waals surface area contributed by atoms with Crippen LogP contribution in [0.4, 0.5) is 0 Å². The van der Waals surface area contributed by atoms with E-state index in [9.17, 15) is 4.79 Å². The number of halogens is 1. The number of hydrogen-bond donors (Lipinski definition) is 2. The zero-order chi connectivity index (χ0) is 17.5. The Morgan fingerprint density at radius 3 is 2.62 bits per heavy atom. The van der Waals surface area contributed by atoms with E-state index in [1.54, 1.807) is 19.0 Å². The number of carbonyl (C=O) groups excluding carboxylic acids is 1. The predicted molar refractivity (Wildman–Crippen MR) is 99.4 cm³/mol. The lowest BCUT2D eigenvalue weighted by Gasteiger charge is -2.22. The Morgan fingerprint density at radius 1 is 1.33 bits per heavy atom. The van der Waals surface area contributed by atoms with Gasteiger partial charge < -0.3 is 15.5 Å². The number of nitrogens with one attached hydrogen (secondary N) is 2. The minimum atomic E-state index is -0.0204. The second-order valence-electron chi connectivity index (χ2n) is 6.47. The van der Waals surface area contributed by atoms with E-state index in [1.807, 2.05) is 31.2 Å². The fraction of sp³-hybridized carbons (Fsp3) is 0.556. The monoisotopic (exact) mass is 350 g/mol. The van der Waals surface area contributed by atoms with Crippen molar-refractivity contribution in [2.45, 2.75) is 44.7 Å². The average molecular weight is 351 g/mol. The number of amides is 1. The Balaban J connectivity index is 2.07. The summed E-state index contributed by atoms with van der Waals surface area (Å²) in [6, 6.07) is 8.19. The smallest absolute Gasteiger partial charge is 0.243 e. The van der Waals surface area contributed by atoms with E-state index in [2.05, 4.69) is 15.6 Å². The summed E-state index contributed by atoms with van der Waals surface area (Å²) in [5.74, 6) is 0.650. The van der Waals surface area contributed by atoms with Gasteiger partial charge in [0.25, 0.3) is 0 Å². The highest BCUT2D eigenvalue weighted by molar-refractivity contribution is 6.31. The molecule has 5 nitrogen and oxygen atoms in total. The summed E-state index contributed by atoms with van der Waals surface area (Å²) in [6.45, 7) is 2.17. The van der Waals surface area contributed by atoms with E-state index in [-0.39, 0.29) is 18.5 Å². The lowest BCUT2D eigenvalue weighted by molar-refractivity contribution is -0.127. The second-order valence-corrected chi connectivity index (χ2v) is 6.87. The summed E-state index contributed by atoms with van der Waals surface area (Å²) < 4.78 is 0. The average Bonchev–Trinajstić information content (AvgIpc) is 3.05. The van der Waals surface area contributed by atoms with Gasteiger partial charge in [-0.2, -0.15) is 0 Å². The number of likely N-dealkylation sites (N-methyl/N-ethyl adjacent to an activating group) is 1. The van der Waals surface area contributed by atoms with Crippen LogP contribution in [-0.4, -0.2) is 43.4 Å². The fourth-order valence-electron chi connectivity index (χ4n) is 2.79. The molecule has 1 fully saturated rings. The molecular weight excluding hydrogens is 324 g/mol. The molecule has 0 bridgehead atoms. The van der Waals surface area contributed by atoms with Crippen LogP contribution in [-0.2, 0) is 4.79 Å². The van der Waals surface area contributed by atoms with E-state index in [0.717, 1.165) is 23.4 Å². The highest BCUT2D eigenvalue weighted by Gasteiger charge is 2.18. The van der Waals surface area contributed by atoms with Gasteiger partial charge in [0.2, 0.25) is 5.91 Å². The number of guanidine groups is 1. The zero-order valence-corrected chi connectivity index (χ0v) is 15.4. The molecule has 2 rings (SSSR count). The molecule has 6 heteroatoms. The fourth-order valence-corrected chi connectivity index (χ4v) is 3.09. The Morgan fingerprint density at radius 2 is 2.00 bits per heavy atom. The van der Waals surface area contributed by atoms with Crippen molar-refractivity contribution in [2.75, 3.05) is 20.6 Å². The van der Waals surface area contributed by atoms with Crippen molar-refractivity contribution < 1.29 is 4.79 Å². The standard InChI is InChI=1S/C18H27ClN4O/c1-13(15-10-6-7-11-16(15)19)21-18(20-12-17(24)23(2)3)22-14-8-4-5-9-14/h6-7,10-11,13-14H,4-5,8-9,12H2,1-3H3,(H2,20,21,22). The molecule has 0 radical (unpaired) electrons. The molecule has 1 aromatic carbocycles. The SMILES string of the molecule is CC(NC(=NCC(=O)N(C)C)NC1CCCC1)c1ccccc1Cl. The van der Waals surface area contributed by atoms with Crippen LogP contribution in [0, 0.1) is 0 Å². The summed E-state index contributed by atoms with van der Waals surface area (Å²) in [6.07, 6.45) is 4.76. The van der Waals surface area contributed by atoms with Gasteiger partial charge in [0.05, 0.1) is 6.04 Å². The first kappa shape index (κ1) is 18.6. The minimum Gasteiger partial charge on any atom is -0.354 e. The van der Waals surface area contributed by atoms with Crippen LogP contribution < -0.4 is 10.6 Å². The maximum atomic E-state index is 11.8. The topological polar surface area (TPSA) is 56.7 Å². The third kappa shape index (κ3) is 5.41. The van der Waals surface area contributed by atoms with Gasteiger partial charge in [0, 0.05) is 25.2 Å². The molecule has 0 aliphatic heterocycles. The van der Waals surface area contributed by atoms with Crippen LogP contribution in [0.3, 0.4) is 0 Å². The third-order valence-corrected chi connectivity index (χ3v) is 4.64. The molecule has 0 heterocycles. The first-order chi connectivity index (χ1) is 11.5. The Bertz CT molecular complexity index is 582. The summed E-state index contributed by atoms with van der Waals surface area (Å²) in [7, 11) is 3.48. The van der Waals surface area contributed by atoms with E-state index in [1.165, 1.54) is 12.8 Å². The quantitative estimate of drug-likeness (QED) is 0.634. The molecule has 1 aliphatic carbocycles. The van der Waals surface area contributed by atoms with Crippen molar-refractivity contribution in [1.82, 2.24) is 15.5 Å². The van der Waals surface area contributed by atoms with E-state index >= 15 is 0 Å². The number of nitrogens with zero attached hydrogens (tertiary/aromatic N) is 2. The molecule has 0 saturated heterocycles. The first-order valence-corrected chi connectivity index (χ1v) is 8.87. The van der Waals surface area contributed by atoms with Gasteiger partial charge in [0.15, 0.2) is 5.96 Å². The van der Waals surface area contributed by atoms with Gasteiger partial charge in [-0.25, -0.2) is 4.99 Å². The van der Waals surface area contributed by atoms with Crippen molar-refractivity contribution in [3.8, 4) is 0 Å². The van der Waals surface area contributed by atoms with Crippen LogP contribution in [0.5, 0.6) is 0 Å². The zero-order valence-electron chi connectivity index (χ0n) is 14.7. The Hall–Kier alpha value is -1.75. The maximum Gasteiger partial charge on any atom is 0.243 e. The molecule has 0 spiro atoms. The van der Waals surface area contributed by atoms with Gasteiger partial charge in [-0.05, 0) is 31.4 Å². The number of benzene rings is 1. The largest absolute Gasteiger partial charge is 0.354 e. The lowest BCUT2D eigenvalue weighted by atomic mass is 10.1. The first-order valence-electron chi connectivity index (χ1n) is 8.49. The molecule has 24 heavy (non-hydrogen) atoms. The number of aliphatic imine (C=N–C) groups is 1.